The molecule has 1 N–H and O–H groups in total. The van der Waals surface area contributed by atoms with E-state index >= 15 is 0 Å². The van der Waals surface area contributed by atoms with Gasteiger partial charge in [-0.2, -0.15) is 15.6 Å². The summed E-state index contributed by atoms with van der Waals surface area (Å²) in [6.45, 7) is 3.05. The average molecular weight is 382 g/mol. The molecule has 6 nitrogen and oxygen atoms in total. The molecule has 1 amide bonds. The Labute approximate surface area is 152 Å². The summed E-state index contributed by atoms with van der Waals surface area (Å²) in [5.41, 5.74) is 1.54. The van der Waals surface area contributed by atoms with Crippen LogP contribution in [0.1, 0.15) is 35.8 Å². The van der Waals surface area contributed by atoms with Crippen LogP contribution >= 0.6 is 11.3 Å². The van der Waals surface area contributed by atoms with Gasteiger partial charge in [-0.15, -0.1) is 0 Å². The second-order valence-electron chi connectivity index (χ2n) is 6.49. The van der Waals surface area contributed by atoms with Crippen molar-refractivity contribution in [3.05, 3.63) is 40.3 Å². The molecule has 0 aliphatic carbocycles. The van der Waals surface area contributed by atoms with Crippen LogP contribution in [0.5, 0.6) is 0 Å². The molecule has 1 aliphatic rings. The first-order valence-electron chi connectivity index (χ1n) is 8.36. The highest BCUT2D eigenvalue weighted by Gasteiger charge is 2.29. The third kappa shape index (κ3) is 3.96. The molecule has 1 unspecified atom stereocenters. The largest absolute Gasteiger partial charge is 0.348 e. The number of hydrogen-bond acceptors (Lipinski definition) is 4. The summed E-state index contributed by atoms with van der Waals surface area (Å²) in [6, 6.07) is 3.48. The number of carbonyl (C=O) groups excluding carboxylic acids is 1. The molecule has 0 aromatic carbocycles. The number of hydrogen-bond donors (Lipinski definition) is 1. The van der Waals surface area contributed by atoms with Gasteiger partial charge < -0.3 is 9.88 Å². The number of rotatable bonds is 6. The standard InChI is InChI=1S/C17H23N3O3S2/c1-13(9-14-5-8-24-12-14)18-17(21)16-10-15(11-19(16)2)25(22,23)20-6-3-4-7-20/h5,8,10-13H,3-4,6-7,9H2,1-2H3,(H,18,21). The number of sulfonamides is 1. The van der Waals surface area contributed by atoms with Crippen LogP contribution in [0.4, 0.5) is 0 Å². The number of aromatic nitrogens is 1. The van der Waals surface area contributed by atoms with Crippen LogP contribution in [0.15, 0.2) is 34.0 Å². The molecule has 1 aliphatic heterocycles. The fraction of sp³-hybridized carbons (Fsp3) is 0.471. The molecule has 0 saturated carbocycles. The minimum absolute atomic E-state index is 0.0318. The molecule has 0 bridgehead atoms. The molecule has 2 aromatic heterocycles. The van der Waals surface area contributed by atoms with Gasteiger partial charge in [0, 0.05) is 32.4 Å². The summed E-state index contributed by atoms with van der Waals surface area (Å²) in [5, 5.41) is 7.02. The van der Waals surface area contributed by atoms with Crippen molar-refractivity contribution in [1.82, 2.24) is 14.2 Å². The van der Waals surface area contributed by atoms with Crippen molar-refractivity contribution < 1.29 is 13.2 Å². The fourth-order valence-electron chi connectivity index (χ4n) is 3.09. The first kappa shape index (κ1) is 18.2. The molecule has 1 fully saturated rings. The first-order valence-corrected chi connectivity index (χ1v) is 10.7. The lowest BCUT2D eigenvalue weighted by Gasteiger charge is -2.14. The lowest BCUT2D eigenvalue weighted by molar-refractivity contribution is 0.0932. The molecule has 25 heavy (non-hydrogen) atoms. The summed E-state index contributed by atoms with van der Waals surface area (Å²) >= 11 is 1.63. The zero-order valence-corrected chi connectivity index (χ0v) is 16.1. The molecule has 1 saturated heterocycles. The Balaban J connectivity index is 1.72. The monoisotopic (exact) mass is 381 g/mol. The molecule has 136 valence electrons. The number of nitrogens with zero attached hydrogens (tertiary/aromatic N) is 2. The summed E-state index contributed by atoms with van der Waals surface area (Å²) in [5.74, 6) is -0.256. The van der Waals surface area contributed by atoms with E-state index in [4.69, 9.17) is 0 Å². The summed E-state index contributed by atoms with van der Waals surface area (Å²) in [7, 11) is -1.81. The number of amides is 1. The van der Waals surface area contributed by atoms with Gasteiger partial charge in [-0.25, -0.2) is 8.42 Å². The van der Waals surface area contributed by atoms with Crippen LogP contribution < -0.4 is 5.32 Å². The van der Waals surface area contributed by atoms with Gasteiger partial charge in [0.25, 0.3) is 5.91 Å². The number of nitrogens with one attached hydrogen (secondary N) is 1. The van der Waals surface area contributed by atoms with Gasteiger partial charge in [0.15, 0.2) is 0 Å². The van der Waals surface area contributed by atoms with Gasteiger partial charge >= 0.3 is 0 Å². The maximum atomic E-state index is 12.6. The van der Waals surface area contributed by atoms with Crippen LogP contribution in [-0.4, -0.2) is 42.3 Å². The molecule has 3 rings (SSSR count). The van der Waals surface area contributed by atoms with E-state index in [-0.39, 0.29) is 16.8 Å². The van der Waals surface area contributed by atoms with Crippen molar-refractivity contribution in [3.63, 3.8) is 0 Å². The molecule has 0 spiro atoms. The van der Waals surface area contributed by atoms with Crippen LogP contribution in [-0.2, 0) is 23.5 Å². The Bertz CT molecular complexity index is 835. The van der Waals surface area contributed by atoms with Gasteiger partial charge in [0.2, 0.25) is 10.0 Å². The SMILES string of the molecule is CC(Cc1ccsc1)NC(=O)c1cc(S(=O)(=O)N2CCCC2)cn1C. The van der Waals surface area contributed by atoms with Crippen molar-refractivity contribution in [2.24, 2.45) is 7.05 Å². The van der Waals surface area contributed by atoms with Crippen molar-refractivity contribution in [3.8, 4) is 0 Å². The second kappa shape index (κ2) is 7.31. The molecule has 8 heteroatoms. The van der Waals surface area contributed by atoms with E-state index in [9.17, 15) is 13.2 Å². The van der Waals surface area contributed by atoms with Crippen LogP contribution in [0.3, 0.4) is 0 Å². The highest BCUT2D eigenvalue weighted by molar-refractivity contribution is 7.89. The van der Waals surface area contributed by atoms with Gasteiger partial charge in [-0.05, 0) is 54.6 Å². The fourth-order valence-corrected chi connectivity index (χ4v) is 5.36. The minimum Gasteiger partial charge on any atom is -0.348 e. The normalized spacial score (nSPS) is 16.9. The lowest BCUT2D eigenvalue weighted by Crippen LogP contribution is -2.35. The highest BCUT2D eigenvalue weighted by Crippen LogP contribution is 2.22. The molecular weight excluding hydrogens is 358 g/mol. The predicted molar refractivity (Wildman–Crippen MR) is 98.4 cm³/mol. The van der Waals surface area contributed by atoms with E-state index in [0.29, 0.717) is 18.8 Å². The molecule has 2 aromatic rings. The van der Waals surface area contributed by atoms with Crippen molar-refractivity contribution in [1.29, 1.82) is 0 Å². The quantitative estimate of drug-likeness (QED) is 0.834. The topological polar surface area (TPSA) is 71.4 Å². The van der Waals surface area contributed by atoms with Gasteiger partial charge in [-0.1, -0.05) is 0 Å². The van der Waals surface area contributed by atoms with E-state index < -0.39 is 10.0 Å². The predicted octanol–water partition coefficient (Wildman–Crippen LogP) is 2.23. The summed E-state index contributed by atoms with van der Waals surface area (Å²) in [4.78, 5) is 12.7. The molecule has 3 heterocycles. The third-order valence-corrected chi connectivity index (χ3v) is 7.01. The van der Waals surface area contributed by atoms with Crippen molar-refractivity contribution in [2.45, 2.75) is 37.1 Å². The van der Waals surface area contributed by atoms with Crippen molar-refractivity contribution >= 4 is 27.3 Å². The first-order chi connectivity index (χ1) is 11.9. The van der Waals surface area contributed by atoms with E-state index in [0.717, 1.165) is 19.3 Å². The third-order valence-electron chi connectivity index (χ3n) is 4.41. The smallest absolute Gasteiger partial charge is 0.268 e. The number of aryl methyl sites for hydroxylation is 1. The lowest BCUT2D eigenvalue weighted by atomic mass is 10.1. The Hall–Kier alpha value is -1.64. The van der Waals surface area contributed by atoms with E-state index in [1.54, 1.807) is 23.0 Å². The summed E-state index contributed by atoms with van der Waals surface area (Å²) in [6.07, 6.45) is 4.05. The summed E-state index contributed by atoms with van der Waals surface area (Å²) < 4.78 is 28.3. The van der Waals surface area contributed by atoms with Crippen LogP contribution in [0.25, 0.3) is 0 Å². The number of thiophene rings is 1. The number of carbonyl (C=O) groups is 1. The Morgan fingerprint density at radius 2 is 2.08 bits per heavy atom. The van der Waals surface area contributed by atoms with Crippen LogP contribution in [0.2, 0.25) is 0 Å². The molecular formula is C17H23N3O3S2. The highest BCUT2D eigenvalue weighted by atomic mass is 32.2. The maximum Gasteiger partial charge on any atom is 0.268 e. The van der Waals surface area contributed by atoms with E-state index in [2.05, 4.69) is 10.7 Å². The Kier molecular flexibility index (Phi) is 5.31. The molecule has 1 atom stereocenters. The van der Waals surface area contributed by atoms with E-state index in [1.807, 2.05) is 18.4 Å². The zero-order chi connectivity index (χ0) is 18.0. The van der Waals surface area contributed by atoms with Gasteiger partial charge in [0.05, 0.1) is 0 Å². The molecule has 0 radical (unpaired) electrons. The zero-order valence-electron chi connectivity index (χ0n) is 14.4. The second-order valence-corrected chi connectivity index (χ2v) is 9.21. The minimum atomic E-state index is -3.51. The maximum absolute atomic E-state index is 12.6. The van der Waals surface area contributed by atoms with Crippen molar-refractivity contribution in [2.75, 3.05) is 13.1 Å². The Morgan fingerprint density at radius 1 is 1.36 bits per heavy atom. The average Bonchev–Trinajstić information content (AvgIpc) is 3.28. The van der Waals surface area contributed by atoms with Crippen LogP contribution in [0, 0.1) is 0 Å². The van der Waals surface area contributed by atoms with E-state index in [1.165, 1.54) is 22.1 Å². The Morgan fingerprint density at radius 3 is 2.72 bits per heavy atom. The van der Waals surface area contributed by atoms with Gasteiger partial charge in [-0.3, -0.25) is 4.79 Å². The van der Waals surface area contributed by atoms with Gasteiger partial charge in [0.1, 0.15) is 10.6 Å².